The van der Waals surface area contributed by atoms with Crippen molar-refractivity contribution in [2.45, 2.75) is 65.2 Å². The van der Waals surface area contributed by atoms with Crippen molar-refractivity contribution in [2.75, 3.05) is 0 Å². The van der Waals surface area contributed by atoms with Crippen LogP contribution in [0.2, 0.25) is 0 Å². The Kier molecular flexibility index (Phi) is 10.3. The van der Waals surface area contributed by atoms with Crippen LogP contribution in [-0.2, 0) is 27.9 Å². The SMILES string of the molecule is CCC(C)(C)c1cc(C=Nc2ccccc2)c(O)c(C(C)(C)CC)c1.[Cl][Ti][Cl]. The zero-order valence-electron chi connectivity index (χ0n) is 17.7. The van der Waals surface area contributed by atoms with Crippen molar-refractivity contribution < 1.29 is 22.1 Å². The second kappa shape index (κ2) is 11.4. The third-order valence-corrected chi connectivity index (χ3v) is 5.53. The Morgan fingerprint density at radius 3 is 2.00 bits per heavy atom. The van der Waals surface area contributed by atoms with Gasteiger partial charge in [-0.3, -0.25) is 4.99 Å². The Balaban J connectivity index is 0.00000122. The molecule has 0 aliphatic rings. The van der Waals surface area contributed by atoms with Gasteiger partial charge in [0, 0.05) is 17.3 Å². The number of benzene rings is 2. The van der Waals surface area contributed by atoms with Crippen molar-refractivity contribution in [3.05, 3.63) is 59.2 Å². The third-order valence-electron chi connectivity index (χ3n) is 5.53. The average Bonchev–Trinajstić information content (AvgIpc) is 2.68. The fraction of sp³-hybridized carbons (Fsp3) is 0.435. The first kappa shape index (κ1) is 25.2. The zero-order chi connectivity index (χ0) is 21.4. The first-order valence-electron chi connectivity index (χ1n) is 9.56. The molecule has 0 aliphatic heterocycles. The van der Waals surface area contributed by atoms with E-state index < -0.39 is 17.0 Å². The quantitative estimate of drug-likeness (QED) is 0.348. The number of aliphatic imine (C=N–C) groups is 1. The van der Waals surface area contributed by atoms with Crippen LogP contribution in [-0.4, -0.2) is 11.3 Å². The van der Waals surface area contributed by atoms with Crippen LogP contribution in [0.15, 0.2) is 47.5 Å². The van der Waals surface area contributed by atoms with Gasteiger partial charge in [0.1, 0.15) is 5.75 Å². The number of nitrogens with zero attached hydrogens (tertiary/aromatic N) is 1. The summed E-state index contributed by atoms with van der Waals surface area (Å²) in [6, 6.07) is 14.1. The molecule has 0 bridgehead atoms. The van der Waals surface area contributed by atoms with Gasteiger partial charge in [-0.15, -0.1) is 0 Å². The van der Waals surface area contributed by atoms with Gasteiger partial charge in [0.15, 0.2) is 0 Å². The normalized spacial score (nSPS) is 11.9. The fourth-order valence-corrected chi connectivity index (χ4v) is 2.71. The van der Waals surface area contributed by atoms with Gasteiger partial charge < -0.3 is 5.11 Å². The second-order valence-electron chi connectivity index (χ2n) is 8.10. The van der Waals surface area contributed by atoms with Crippen LogP contribution in [0.3, 0.4) is 0 Å². The molecule has 0 saturated carbocycles. The average molecular weight is 456 g/mol. The van der Waals surface area contributed by atoms with Crippen LogP contribution in [0.4, 0.5) is 5.69 Å². The number of para-hydroxylation sites is 1. The van der Waals surface area contributed by atoms with Crippen LogP contribution < -0.4 is 0 Å². The molecule has 5 heteroatoms. The van der Waals surface area contributed by atoms with Crippen molar-refractivity contribution in [1.82, 2.24) is 0 Å². The van der Waals surface area contributed by atoms with Crippen molar-refractivity contribution in [3.63, 3.8) is 0 Å². The molecule has 0 spiro atoms. The van der Waals surface area contributed by atoms with E-state index in [2.05, 4.69) is 58.7 Å². The summed E-state index contributed by atoms with van der Waals surface area (Å²) >= 11 is -0.556. The van der Waals surface area contributed by atoms with Gasteiger partial charge in [-0.2, -0.15) is 0 Å². The minimum atomic E-state index is -0.556. The van der Waals surface area contributed by atoms with Gasteiger partial charge >= 0.3 is 35.6 Å². The Morgan fingerprint density at radius 1 is 0.964 bits per heavy atom. The molecule has 0 heterocycles. The molecule has 2 aromatic carbocycles. The van der Waals surface area contributed by atoms with E-state index in [0.29, 0.717) is 5.75 Å². The van der Waals surface area contributed by atoms with Crippen molar-refractivity contribution in [2.24, 2.45) is 4.99 Å². The van der Waals surface area contributed by atoms with Crippen LogP contribution in [0.5, 0.6) is 5.75 Å². The molecule has 2 rings (SSSR count). The Bertz CT molecular complexity index is 774. The molecule has 0 unspecified atom stereocenters. The van der Waals surface area contributed by atoms with Gasteiger partial charge in [-0.25, -0.2) is 0 Å². The predicted octanol–water partition coefficient (Wildman–Crippen LogP) is 7.89. The van der Waals surface area contributed by atoms with E-state index in [9.17, 15) is 5.11 Å². The molecule has 0 saturated heterocycles. The molecule has 1 N–H and O–H groups in total. The van der Waals surface area contributed by atoms with E-state index in [-0.39, 0.29) is 10.8 Å². The summed E-state index contributed by atoms with van der Waals surface area (Å²) in [5, 5.41) is 10.9. The Hall–Kier alpha value is -0.796. The zero-order valence-corrected chi connectivity index (χ0v) is 20.8. The number of aromatic hydroxyl groups is 1. The first-order valence-corrected chi connectivity index (χ1v) is 13.9. The number of phenolic OH excluding ortho intramolecular Hbond substituents is 1. The van der Waals surface area contributed by atoms with Gasteiger partial charge in [-0.05, 0) is 47.4 Å². The van der Waals surface area contributed by atoms with Gasteiger partial charge in [0.05, 0.1) is 5.69 Å². The number of halogens is 2. The van der Waals surface area contributed by atoms with E-state index in [1.165, 1.54) is 5.56 Å². The molecule has 152 valence electrons. The molecular formula is C23H31Cl2NOTi. The summed E-state index contributed by atoms with van der Waals surface area (Å²) in [7, 11) is 9.78. The summed E-state index contributed by atoms with van der Waals surface area (Å²) in [6.45, 7) is 13.2. The molecule has 2 aromatic rings. The topological polar surface area (TPSA) is 32.6 Å². The standard InChI is InChI=1S/C23H31NO.2ClH.Ti/c1-7-22(3,4)18-14-17(16-24-19-12-10-9-11-13-19)21(25)20(15-18)23(5,6)8-2;;;/h9-16,25H,7-8H2,1-6H3;2*1H;/q;;;+2/p-2. The first-order chi connectivity index (χ1) is 13.1. The van der Waals surface area contributed by atoms with E-state index in [4.69, 9.17) is 18.6 Å². The molecule has 0 amide bonds. The third kappa shape index (κ3) is 6.92. The summed E-state index contributed by atoms with van der Waals surface area (Å²) in [4.78, 5) is 4.55. The fourth-order valence-electron chi connectivity index (χ4n) is 2.71. The van der Waals surface area contributed by atoms with Crippen LogP contribution in [0, 0.1) is 0 Å². The molecule has 0 aliphatic carbocycles. The van der Waals surface area contributed by atoms with E-state index in [0.717, 1.165) is 29.7 Å². The molecule has 0 atom stereocenters. The number of rotatable bonds is 6. The number of hydrogen-bond donors (Lipinski definition) is 1. The molecule has 0 radical (unpaired) electrons. The van der Waals surface area contributed by atoms with Crippen molar-refractivity contribution in [3.8, 4) is 5.75 Å². The van der Waals surface area contributed by atoms with E-state index >= 15 is 0 Å². The summed E-state index contributed by atoms with van der Waals surface area (Å²) < 4.78 is 0. The van der Waals surface area contributed by atoms with Gasteiger partial charge in [0.2, 0.25) is 0 Å². The van der Waals surface area contributed by atoms with E-state index in [1.54, 1.807) is 6.21 Å². The summed E-state index contributed by atoms with van der Waals surface area (Å²) in [5.74, 6) is 0.349. The van der Waals surface area contributed by atoms with Gasteiger partial charge in [0.25, 0.3) is 0 Å². The molecule has 2 nitrogen and oxygen atoms in total. The van der Waals surface area contributed by atoms with E-state index in [1.807, 2.05) is 30.3 Å². The van der Waals surface area contributed by atoms with Crippen molar-refractivity contribution >= 4 is 30.5 Å². The van der Waals surface area contributed by atoms with Crippen LogP contribution in [0.1, 0.15) is 71.1 Å². The number of hydrogen-bond acceptors (Lipinski definition) is 2. The molecular weight excluding hydrogens is 425 g/mol. The summed E-state index contributed by atoms with van der Waals surface area (Å²) in [6.07, 6.45) is 3.79. The predicted molar refractivity (Wildman–Crippen MR) is 120 cm³/mol. The van der Waals surface area contributed by atoms with Gasteiger partial charge in [-0.1, -0.05) is 65.8 Å². The Morgan fingerprint density at radius 2 is 1.50 bits per heavy atom. The Labute approximate surface area is 187 Å². The van der Waals surface area contributed by atoms with Crippen LogP contribution in [0.25, 0.3) is 0 Å². The molecule has 0 fully saturated rings. The second-order valence-corrected chi connectivity index (χ2v) is 10.7. The van der Waals surface area contributed by atoms with Crippen molar-refractivity contribution in [1.29, 1.82) is 0 Å². The summed E-state index contributed by atoms with van der Waals surface area (Å²) in [5.41, 5.74) is 3.90. The molecule has 28 heavy (non-hydrogen) atoms. The minimum absolute atomic E-state index is 0.0572. The number of phenols is 1. The monoisotopic (exact) mass is 455 g/mol. The van der Waals surface area contributed by atoms with Crippen LogP contribution >= 0.6 is 18.6 Å². The maximum absolute atomic E-state index is 10.9. The molecule has 0 aromatic heterocycles. The maximum atomic E-state index is 10.9.